The van der Waals surface area contributed by atoms with Crippen LogP contribution in [0.5, 0.6) is 5.75 Å². The zero-order chi connectivity index (χ0) is 15.7. The number of aromatic amines is 1. The van der Waals surface area contributed by atoms with E-state index < -0.39 is 10.0 Å². The van der Waals surface area contributed by atoms with Gasteiger partial charge in [-0.2, -0.15) is 4.31 Å². The fourth-order valence-corrected chi connectivity index (χ4v) is 4.26. The summed E-state index contributed by atoms with van der Waals surface area (Å²) in [4.78, 5) is 7.78. The molecule has 0 aliphatic carbocycles. The number of aryl methyl sites for hydroxylation is 1. The van der Waals surface area contributed by atoms with E-state index in [-0.39, 0.29) is 10.8 Å². The Labute approximate surface area is 130 Å². The quantitative estimate of drug-likeness (QED) is 0.933. The van der Waals surface area contributed by atoms with Crippen molar-refractivity contribution in [2.24, 2.45) is 0 Å². The van der Waals surface area contributed by atoms with Crippen LogP contribution in [-0.2, 0) is 10.0 Å². The maximum atomic E-state index is 12.7. The van der Waals surface area contributed by atoms with Gasteiger partial charge in [0, 0.05) is 37.0 Å². The van der Waals surface area contributed by atoms with Crippen LogP contribution in [0.25, 0.3) is 0 Å². The third-order valence-corrected chi connectivity index (χ3v) is 5.80. The molecule has 3 rings (SSSR count). The number of rotatable bonds is 4. The molecule has 1 aromatic carbocycles. The van der Waals surface area contributed by atoms with Gasteiger partial charge in [0.15, 0.2) is 0 Å². The van der Waals surface area contributed by atoms with Gasteiger partial charge in [-0.1, -0.05) is 6.07 Å². The molecule has 2 heterocycles. The second-order valence-electron chi connectivity index (χ2n) is 5.48. The lowest BCUT2D eigenvalue weighted by molar-refractivity contribution is 0.412. The van der Waals surface area contributed by atoms with Crippen LogP contribution in [0.1, 0.15) is 23.9 Å². The molecule has 0 radical (unpaired) electrons. The van der Waals surface area contributed by atoms with Crippen LogP contribution in [0.2, 0.25) is 0 Å². The van der Waals surface area contributed by atoms with Crippen LogP contribution >= 0.6 is 0 Å². The summed E-state index contributed by atoms with van der Waals surface area (Å²) >= 11 is 0. The highest BCUT2D eigenvalue weighted by molar-refractivity contribution is 7.89. The lowest BCUT2D eigenvalue weighted by Gasteiger charge is -2.16. The number of nitrogens with one attached hydrogen (secondary N) is 1. The predicted molar refractivity (Wildman–Crippen MR) is 82.4 cm³/mol. The molecular weight excluding hydrogens is 302 g/mol. The van der Waals surface area contributed by atoms with E-state index in [4.69, 9.17) is 4.74 Å². The number of nitrogens with zero attached hydrogens (tertiary/aromatic N) is 2. The zero-order valence-corrected chi connectivity index (χ0v) is 13.4. The number of hydrogen-bond donors (Lipinski definition) is 1. The summed E-state index contributed by atoms with van der Waals surface area (Å²) in [6.45, 7) is 2.90. The van der Waals surface area contributed by atoms with E-state index in [1.807, 2.05) is 6.92 Å². The maximum absolute atomic E-state index is 12.7. The Balaban J connectivity index is 1.81. The van der Waals surface area contributed by atoms with Gasteiger partial charge in [0.1, 0.15) is 11.6 Å². The van der Waals surface area contributed by atoms with Crippen LogP contribution in [0, 0.1) is 6.92 Å². The second-order valence-corrected chi connectivity index (χ2v) is 7.42. The van der Waals surface area contributed by atoms with E-state index in [9.17, 15) is 8.42 Å². The van der Waals surface area contributed by atoms with E-state index in [0.29, 0.717) is 18.8 Å². The third-order valence-electron chi connectivity index (χ3n) is 3.94. The monoisotopic (exact) mass is 321 g/mol. The highest BCUT2D eigenvalue weighted by Gasteiger charge is 2.34. The van der Waals surface area contributed by atoms with Crippen molar-refractivity contribution in [2.45, 2.75) is 24.2 Å². The molecule has 1 aromatic heterocycles. The predicted octanol–water partition coefficient (Wildman–Crippen LogP) is 1.90. The number of benzene rings is 1. The average molecular weight is 321 g/mol. The lowest BCUT2D eigenvalue weighted by atomic mass is 10.1. The Hall–Kier alpha value is -1.86. The molecule has 6 nitrogen and oxygen atoms in total. The molecule has 0 saturated carbocycles. The molecule has 1 atom stereocenters. The molecule has 1 saturated heterocycles. The molecule has 22 heavy (non-hydrogen) atoms. The molecule has 1 N–H and O–H groups in total. The highest BCUT2D eigenvalue weighted by Crippen LogP contribution is 2.30. The number of imidazole rings is 1. The molecule has 0 bridgehead atoms. The fraction of sp³-hybridized carbons (Fsp3) is 0.400. The number of sulfonamides is 1. The minimum atomic E-state index is -3.49. The van der Waals surface area contributed by atoms with E-state index in [2.05, 4.69) is 9.97 Å². The van der Waals surface area contributed by atoms with E-state index in [1.165, 1.54) is 11.4 Å². The van der Waals surface area contributed by atoms with E-state index in [1.54, 1.807) is 30.5 Å². The van der Waals surface area contributed by atoms with E-state index in [0.717, 1.165) is 17.9 Å². The first-order valence-electron chi connectivity index (χ1n) is 7.16. The summed E-state index contributed by atoms with van der Waals surface area (Å²) in [5, 5.41) is 0. The number of aromatic nitrogens is 2. The smallest absolute Gasteiger partial charge is 0.243 e. The highest BCUT2D eigenvalue weighted by atomic mass is 32.2. The Morgan fingerprint density at radius 3 is 2.91 bits per heavy atom. The molecular formula is C15H19N3O3S. The number of hydrogen-bond acceptors (Lipinski definition) is 4. The van der Waals surface area contributed by atoms with E-state index >= 15 is 0 Å². The third kappa shape index (κ3) is 2.74. The second kappa shape index (κ2) is 5.73. The molecule has 1 aliphatic heterocycles. The van der Waals surface area contributed by atoms with Crippen molar-refractivity contribution in [2.75, 3.05) is 20.2 Å². The lowest BCUT2D eigenvalue weighted by Crippen LogP contribution is -2.28. The molecule has 0 spiro atoms. The van der Waals surface area contributed by atoms with Gasteiger partial charge >= 0.3 is 0 Å². The van der Waals surface area contributed by atoms with Crippen LogP contribution in [0.3, 0.4) is 0 Å². The fourth-order valence-electron chi connectivity index (χ4n) is 2.72. The van der Waals surface area contributed by atoms with Gasteiger partial charge in [-0.15, -0.1) is 0 Å². The maximum Gasteiger partial charge on any atom is 0.243 e. The summed E-state index contributed by atoms with van der Waals surface area (Å²) in [6.07, 6.45) is 2.55. The largest absolute Gasteiger partial charge is 0.497 e. The normalized spacial score (nSPS) is 19.5. The summed E-state index contributed by atoms with van der Waals surface area (Å²) in [5.74, 6) is 1.52. The Kier molecular flexibility index (Phi) is 3.92. The molecule has 7 heteroatoms. The van der Waals surface area contributed by atoms with Crippen molar-refractivity contribution in [1.82, 2.24) is 14.3 Å². The van der Waals surface area contributed by atoms with Gasteiger partial charge in [0.2, 0.25) is 10.0 Å². The zero-order valence-electron chi connectivity index (χ0n) is 12.6. The van der Waals surface area contributed by atoms with Gasteiger partial charge in [-0.25, -0.2) is 13.4 Å². The molecule has 1 fully saturated rings. The van der Waals surface area contributed by atoms with Crippen molar-refractivity contribution >= 4 is 10.0 Å². The molecule has 118 valence electrons. The first-order valence-corrected chi connectivity index (χ1v) is 8.60. The molecule has 1 aliphatic rings. The molecule has 0 amide bonds. The minimum absolute atomic E-state index is 0.120. The summed E-state index contributed by atoms with van der Waals surface area (Å²) in [7, 11) is -1.97. The first-order chi connectivity index (χ1) is 10.5. The van der Waals surface area contributed by atoms with Gasteiger partial charge < -0.3 is 9.72 Å². The Bertz CT molecular complexity index is 770. The standard InChI is InChI=1S/C15H19N3O3S/c1-11-9-16-15(17-11)12-6-7-18(10-12)22(19,20)14-5-3-4-13(8-14)21-2/h3-5,8-9,12H,6-7,10H2,1-2H3,(H,16,17). The SMILES string of the molecule is COc1cccc(S(=O)(=O)N2CCC(c3ncc(C)[nH]3)C2)c1. The van der Waals surface area contributed by atoms with Crippen molar-refractivity contribution in [3.8, 4) is 5.75 Å². The number of H-pyrrole nitrogens is 1. The summed E-state index contributed by atoms with van der Waals surface area (Å²) in [6, 6.07) is 6.58. The van der Waals surface area contributed by atoms with Crippen LogP contribution in [0.15, 0.2) is 35.4 Å². The number of ether oxygens (including phenoxy) is 1. The van der Waals surface area contributed by atoms with Gasteiger partial charge in [-0.05, 0) is 25.5 Å². The Morgan fingerprint density at radius 1 is 1.41 bits per heavy atom. The van der Waals surface area contributed by atoms with Gasteiger partial charge in [0.25, 0.3) is 0 Å². The van der Waals surface area contributed by atoms with Crippen LogP contribution in [0.4, 0.5) is 0 Å². The topological polar surface area (TPSA) is 75.3 Å². The summed E-state index contributed by atoms with van der Waals surface area (Å²) in [5.41, 5.74) is 0.990. The van der Waals surface area contributed by atoms with Crippen LogP contribution < -0.4 is 4.74 Å². The summed E-state index contributed by atoms with van der Waals surface area (Å²) < 4.78 is 32.1. The average Bonchev–Trinajstić information content (AvgIpc) is 3.16. The van der Waals surface area contributed by atoms with Crippen molar-refractivity contribution in [3.63, 3.8) is 0 Å². The van der Waals surface area contributed by atoms with Gasteiger partial charge in [0.05, 0.1) is 12.0 Å². The van der Waals surface area contributed by atoms with Gasteiger partial charge in [-0.3, -0.25) is 0 Å². The minimum Gasteiger partial charge on any atom is -0.497 e. The molecule has 1 unspecified atom stereocenters. The number of methoxy groups -OCH3 is 1. The Morgan fingerprint density at radius 2 is 2.23 bits per heavy atom. The van der Waals surface area contributed by atoms with Crippen molar-refractivity contribution in [3.05, 3.63) is 42.0 Å². The molecule has 2 aromatic rings. The van der Waals surface area contributed by atoms with Crippen molar-refractivity contribution < 1.29 is 13.2 Å². The first kappa shape index (κ1) is 15.1. The van der Waals surface area contributed by atoms with Crippen LogP contribution in [-0.4, -0.2) is 42.9 Å². The van der Waals surface area contributed by atoms with Crippen molar-refractivity contribution in [1.29, 1.82) is 0 Å².